The summed E-state index contributed by atoms with van der Waals surface area (Å²) >= 11 is 9.46. The maximum Gasteiger partial charge on any atom is 0.416 e. The predicted molar refractivity (Wildman–Crippen MR) is 134 cm³/mol. The molecule has 0 radical (unpaired) electrons. The minimum absolute atomic E-state index is 0.0190. The number of amides is 1. The summed E-state index contributed by atoms with van der Waals surface area (Å²) < 4.78 is 59.6. The number of para-hydroxylation sites is 1. The number of nitro groups is 1. The molecule has 6 nitrogen and oxygen atoms in total. The van der Waals surface area contributed by atoms with Gasteiger partial charge in [-0.3, -0.25) is 19.8 Å². The molecule has 0 aromatic heterocycles. The van der Waals surface area contributed by atoms with Gasteiger partial charge in [-0.1, -0.05) is 52.0 Å². The van der Waals surface area contributed by atoms with E-state index < -0.39 is 39.8 Å². The van der Waals surface area contributed by atoms with Crippen LogP contribution in [0.15, 0.2) is 70.0 Å². The van der Waals surface area contributed by atoms with Crippen molar-refractivity contribution in [1.29, 1.82) is 0 Å². The van der Waals surface area contributed by atoms with Crippen LogP contribution in [-0.2, 0) is 11.0 Å². The second-order valence-electron chi connectivity index (χ2n) is 7.19. The minimum atomic E-state index is -4.78. The van der Waals surface area contributed by atoms with Gasteiger partial charge in [0.2, 0.25) is 5.75 Å². The van der Waals surface area contributed by atoms with E-state index in [0.717, 1.165) is 22.7 Å². The van der Waals surface area contributed by atoms with Gasteiger partial charge in [0.1, 0.15) is 11.6 Å². The van der Waals surface area contributed by atoms with Crippen molar-refractivity contribution in [3.63, 3.8) is 0 Å². The number of carbonyl (C=O) groups is 1. The summed E-state index contributed by atoms with van der Waals surface area (Å²) in [7, 11) is 0. The number of thiocarbonyl (C=S) groups is 1. The molecule has 1 aliphatic rings. The Bertz CT molecular complexity index is 1450. The summed E-state index contributed by atoms with van der Waals surface area (Å²) in [5, 5.41) is 11.4. The normalized spacial score (nSPS) is 15.0. The second kappa shape index (κ2) is 9.99. The summed E-state index contributed by atoms with van der Waals surface area (Å²) in [5.41, 5.74) is -1.83. The Kier molecular flexibility index (Phi) is 7.16. The molecule has 0 spiro atoms. The molecule has 0 unspecified atom stereocenters. The number of thioether (sulfide) groups is 1. The van der Waals surface area contributed by atoms with E-state index in [0.29, 0.717) is 16.6 Å². The molecule has 1 aliphatic heterocycles. The Labute approximate surface area is 218 Å². The molecule has 13 heteroatoms. The minimum Gasteiger partial charge on any atom is -0.449 e. The molecule has 184 valence electrons. The number of nitro benzene ring substituents is 1. The third-order valence-corrected chi connectivity index (χ3v) is 6.64. The first-order valence-corrected chi connectivity index (χ1v) is 11.8. The molecular weight excluding hydrogens is 588 g/mol. The van der Waals surface area contributed by atoms with Crippen molar-refractivity contribution in [2.45, 2.75) is 6.18 Å². The molecule has 0 saturated carbocycles. The van der Waals surface area contributed by atoms with Gasteiger partial charge in [0.15, 0.2) is 4.32 Å². The van der Waals surface area contributed by atoms with E-state index in [-0.39, 0.29) is 26.2 Å². The maximum atomic E-state index is 14.3. The quantitative estimate of drug-likeness (QED) is 0.0984. The van der Waals surface area contributed by atoms with Crippen molar-refractivity contribution in [2.75, 3.05) is 4.90 Å². The topological polar surface area (TPSA) is 72.7 Å². The van der Waals surface area contributed by atoms with E-state index in [2.05, 4.69) is 15.9 Å². The van der Waals surface area contributed by atoms with Crippen molar-refractivity contribution in [2.24, 2.45) is 0 Å². The number of nitrogens with zero attached hydrogens (tertiary/aromatic N) is 2. The van der Waals surface area contributed by atoms with Crippen LogP contribution in [0.2, 0.25) is 0 Å². The van der Waals surface area contributed by atoms with E-state index in [4.69, 9.17) is 17.0 Å². The highest BCUT2D eigenvalue weighted by Crippen LogP contribution is 2.41. The average molecular weight is 599 g/mol. The lowest BCUT2D eigenvalue weighted by Gasteiger charge is -2.15. The highest BCUT2D eigenvalue weighted by atomic mass is 79.9. The Morgan fingerprint density at radius 1 is 1.08 bits per heavy atom. The van der Waals surface area contributed by atoms with Gasteiger partial charge >= 0.3 is 11.9 Å². The van der Waals surface area contributed by atoms with Crippen LogP contribution in [0, 0.1) is 15.9 Å². The number of ether oxygens (including phenoxy) is 1. The highest BCUT2D eigenvalue weighted by molar-refractivity contribution is 9.10. The first kappa shape index (κ1) is 25.8. The fourth-order valence-corrected chi connectivity index (χ4v) is 4.87. The van der Waals surface area contributed by atoms with Gasteiger partial charge in [0.05, 0.1) is 21.1 Å². The van der Waals surface area contributed by atoms with Crippen molar-refractivity contribution < 1.29 is 32.0 Å². The average Bonchev–Trinajstić information content (AvgIpc) is 3.08. The van der Waals surface area contributed by atoms with Crippen molar-refractivity contribution in [3.8, 4) is 11.5 Å². The monoisotopic (exact) mass is 598 g/mol. The summed E-state index contributed by atoms with van der Waals surface area (Å²) in [4.78, 5) is 24.6. The molecule has 36 heavy (non-hydrogen) atoms. The number of anilines is 1. The number of hydrogen-bond acceptors (Lipinski definition) is 6. The number of benzene rings is 3. The molecule has 0 aliphatic carbocycles. The van der Waals surface area contributed by atoms with Gasteiger partial charge in [-0.2, -0.15) is 13.2 Å². The molecular formula is C23H11BrF4N2O4S2. The van der Waals surface area contributed by atoms with Gasteiger partial charge in [-0.05, 0) is 48.5 Å². The van der Waals surface area contributed by atoms with E-state index in [1.54, 1.807) is 18.2 Å². The van der Waals surface area contributed by atoms with Gasteiger partial charge < -0.3 is 4.74 Å². The zero-order valence-electron chi connectivity index (χ0n) is 17.6. The molecule has 1 heterocycles. The van der Waals surface area contributed by atoms with Gasteiger partial charge in [0.25, 0.3) is 5.91 Å². The van der Waals surface area contributed by atoms with Gasteiger partial charge in [-0.25, -0.2) is 4.39 Å². The third kappa shape index (κ3) is 5.27. The molecule has 1 amide bonds. The van der Waals surface area contributed by atoms with Gasteiger partial charge in [0, 0.05) is 16.1 Å². The maximum absolute atomic E-state index is 14.3. The third-order valence-electron chi connectivity index (χ3n) is 4.85. The van der Waals surface area contributed by atoms with Crippen LogP contribution in [0.25, 0.3) is 6.08 Å². The van der Waals surface area contributed by atoms with Crippen LogP contribution in [0.3, 0.4) is 0 Å². The largest absolute Gasteiger partial charge is 0.449 e. The Hall–Kier alpha value is -3.29. The molecule has 0 bridgehead atoms. The van der Waals surface area contributed by atoms with E-state index in [1.807, 2.05) is 0 Å². The number of hydrogen-bond donors (Lipinski definition) is 0. The lowest BCUT2D eigenvalue weighted by molar-refractivity contribution is -0.385. The molecule has 1 saturated heterocycles. The summed E-state index contributed by atoms with van der Waals surface area (Å²) in [5.74, 6) is -1.64. The van der Waals surface area contributed by atoms with Crippen LogP contribution in [-0.4, -0.2) is 15.2 Å². The predicted octanol–water partition coefficient (Wildman–Crippen LogP) is 7.71. The van der Waals surface area contributed by atoms with Crippen molar-refractivity contribution >= 4 is 67.6 Å². The Balaban J connectivity index is 1.72. The SMILES string of the molecule is O=C1/C(=C/c2cc(Br)ccc2Oc2ccc(C(F)(F)F)cc2[N+](=O)[O-])SC(=S)N1c1ccccc1F. The summed E-state index contributed by atoms with van der Waals surface area (Å²) in [6.07, 6.45) is -3.38. The molecule has 0 N–H and O–H groups in total. The Morgan fingerprint density at radius 3 is 2.44 bits per heavy atom. The summed E-state index contributed by atoms with van der Waals surface area (Å²) in [6.45, 7) is 0. The van der Waals surface area contributed by atoms with Crippen LogP contribution in [0.5, 0.6) is 11.5 Å². The highest BCUT2D eigenvalue weighted by Gasteiger charge is 2.35. The smallest absolute Gasteiger partial charge is 0.416 e. The standard InChI is InChI=1S/C23H11BrF4N2O4S2/c24-14-6-8-18(34-19-7-5-13(23(26,27)28)11-17(19)30(32)33)12(9-14)10-20-21(31)29(22(35)36-20)16-4-2-1-3-15(16)25/h1-11H/b20-10-. The zero-order valence-corrected chi connectivity index (χ0v) is 20.8. The molecule has 3 aromatic rings. The van der Waals surface area contributed by atoms with Crippen molar-refractivity contribution in [1.82, 2.24) is 0 Å². The Morgan fingerprint density at radius 2 is 1.78 bits per heavy atom. The molecule has 3 aromatic carbocycles. The zero-order chi connectivity index (χ0) is 26.2. The number of alkyl halides is 3. The first-order valence-electron chi connectivity index (χ1n) is 9.81. The lowest BCUT2D eigenvalue weighted by atomic mass is 10.1. The fourth-order valence-electron chi connectivity index (χ4n) is 3.22. The molecule has 0 atom stereocenters. The first-order chi connectivity index (χ1) is 17.0. The number of halogens is 5. The number of rotatable bonds is 5. The van der Waals surface area contributed by atoms with E-state index in [1.165, 1.54) is 30.3 Å². The van der Waals surface area contributed by atoms with Crippen LogP contribution < -0.4 is 9.64 Å². The lowest BCUT2D eigenvalue weighted by Crippen LogP contribution is -2.28. The van der Waals surface area contributed by atoms with Crippen molar-refractivity contribution in [3.05, 3.63) is 97.1 Å². The van der Waals surface area contributed by atoms with Gasteiger partial charge in [-0.15, -0.1) is 0 Å². The van der Waals surface area contributed by atoms with Crippen LogP contribution in [0.1, 0.15) is 11.1 Å². The fraction of sp³-hybridized carbons (Fsp3) is 0.0435. The van der Waals surface area contributed by atoms with Crippen LogP contribution in [0.4, 0.5) is 28.9 Å². The molecule has 4 rings (SSSR count). The summed E-state index contributed by atoms with van der Waals surface area (Å²) in [6, 6.07) is 12.0. The van der Waals surface area contributed by atoms with Crippen LogP contribution >= 0.6 is 39.9 Å². The van der Waals surface area contributed by atoms with E-state index >= 15 is 0 Å². The second-order valence-corrected chi connectivity index (χ2v) is 9.78. The molecule has 1 fully saturated rings. The number of carbonyl (C=O) groups excluding carboxylic acids is 1. The van der Waals surface area contributed by atoms with E-state index in [9.17, 15) is 32.5 Å².